The summed E-state index contributed by atoms with van der Waals surface area (Å²) in [6, 6.07) is 1.72. The van der Waals surface area contributed by atoms with E-state index < -0.39 is 0 Å². The van der Waals surface area contributed by atoms with Crippen LogP contribution in [0.3, 0.4) is 0 Å². The summed E-state index contributed by atoms with van der Waals surface area (Å²) < 4.78 is 0.661. The molecule has 15 heavy (non-hydrogen) atoms. The van der Waals surface area contributed by atoms with Crippen molar-refractivity contribution in [1.82, 2.24) is 9.88 Å². The van der Waals surface area contributed by atoms with Gasteiger partial charge < -0.3 is 4.90 Å². The second-order valence-corrected chi connectivity index (χ2v) is 4.71. The molecule has 1 aliphatic heterocycles. The summed E-state index contributed by atoms with van der Waals surface area (Å²) >= 11 is 9.02. The molecule has 1 saturated heterocycles. The van der Waals surface area contributed by atoms with Crippen molar-refractivity contribution in [2.24, 2.45) is 0 Å². The lowest BCUT2D eigenvalue weighted by molar-refractivity contribution is 0.0792. The zero-order valence-corrected chi connectivity index (χ0v) is 10.4. The van der Waals surface area contributed by atoms with Crippen molar-refractivity contribution in [2.75, 3.05) is 13.1 Å². The number of pyridine rings is 1. The number of carbonyl (C=O) groups excluding carboxylic acids is 1. The number of amides is 1. The third-order valence-corrected chi connectivity index (χ3v) is 3.57. The summed E-state index contributed by atoms with van der Waals surface area (Å²) in [6.07, 6.45) is 3.70. The van der Waals surface area contributed by atoms with Crippen molar-refractivity contribution in [1.29, 1.82) is 0 Å². The summed E-state index contributed by atoms with van der Waals surface area (Å²) in [7, 11) is 0. The van der Waals surface area contributed by atoms with Gasteiger partial charge in [-0.15, -0.1) is 0 Å². The Morgan fingerprint density at radius 1 is 1.47 bits per heavy atom. The van der Waals surface area contributed by atoms with Crippen molar-refractivity contribution >= 4 is 33.4 Å². The summed E-state index contributed by atoms with van der Waals surface area (Å²) in [5, 5.41) is 0.382. The molecule has 0 aromatic carbocycles. The highest BCUT2D eigenvalue weighted by atomic mass is 79.9. The van der Waals surface area contributed by atoms with E-state index in [-0.39, 0.29) is 5.91 Å². The molecule has 1 fully saturated rings. The standard InChI is InChI=1S/C10H10BrClN2O/c11-8-5-7(6-13-9(8)12)10(15)14-3-1-2-4-14/h5-6H,1-4H2. The third-order valence-electron chi connectivity index (χ3n) is 2.44. The first-order valence-electron chi connectivity index (χ1n) is 4.79. The maximum absolute atomic E-state index is 11.9. The molecule has 80 valence electrons. The summed E-state index contributed by atoms with van der Waals surface area (Å²) in [6.45, 7) is 1.69. The van der Waals surface area contributed by atoms with Gasteiger partial charge in [-0.05, 0) is 34.8 Å². The molecule has 0 N–H and O–H groups in total. The highest BCUT2D eigenvalue weighted by Gasteiger charge is 2.20. The zero-order valence-electron chi connectivity index (χ0n) is 8.04. The molecule has 1 aliphatic rings. The van der Waals surface area contributed by atoms with Gasteiger partial charge >= 0.3 is 0 Å². The minimum absolute atomic E-state index is 0.0392. The van der Waals surface area contributed by atoms with E-state index in [9.17, 15) is 4.79 Å². The molecule has 1 amide bonds. The molecule has 2 rings (SSSR count). The topological polar surface area (TPSA) is 33.2 Å². The van der Waals surface area contributed by atoms with Gasteiger partial charge in [0.25, 0.3) is 5.91 Å². The number of hydrogen-bond acceptors (Lipinski definition) is 2. The van der Waals surface area contributed by atoms with Crippen LogP contribution in [0.2, 0.25) is 5.15 Å². The third kappa shape index (κ3) is 2.32. The van der Waals surface area contributed by atoms with Gasteiger partial charge in [0, 0.05) is 19.3 Å². The number of nitrogens with zero attached hydrogens (tertiary/aromatic N) is 2. The minimum Gasteiger partial charge on any atom is -0.339 e. The highest BCUT2D eigenvalue weighted by molar-refractivity contribution is 9.10. The summed E-state index contributed by atoms with van der Waals surface area (Å²) in [5.41, 5.74) is 0.591. The summed E-state index contributed by atoms with van der Waals surface area (Å²) in [5.74, 6) is 0.0392. The first kappa shape index (κ1) is 10.9. The van der Waals surface area contributed by atoms with Gasteiger partial charge in [-0.2, -0.15) is 0 Å². The van der Waals surface area contributed by atoms with Crippen LogP contribution in [0.4, 0.5) is 0 Å². The van der Waals surface area contributed by atoms with Gasteiger partial charge in [-0.3, -0.25) is 4.79 Å². The molecule has 1 aromatic heterocycles. The Morgan fingerprint density at radius 2 is 2.13 bits per heavy atom. The van der Waals surface area contributed by atoms with E-state index in [1.165, 1.54) is 6.20 Å². The largest absolute Gasteiger partial charge is 0.339 e. The first-order valence-corrected chi connectivity index (χ1v) is 5.96. The Kier molecular flexibility index (Phi) is 3.26. The predicted molar refractivity (Wildman–Crippen MR) is 62.1 cm³/mol. The van der Waals surface area contributed by atoms with Crippen LogP contribution in [-0.2, 0) is 0 Å². The lowest BCUT2D eigenvalue weighted by atomic mass is 10.2. The molecule has 0 unspecified atom stereocenters. The normalized spacial score (nSPS) is 15.7. The zero-order chi connectivity index (χ0) is 10.8. The molecule has 0 spiro atoms. The first-order chi connectivity index (χ1) is 7.18. The number of halogens is 2. The Labute approximate surface area is 102 Å². The van der Waals surface area contributed by atoms with Gasteiger partial charge in [-0.1, -0.05) is 11.6 Å². The Bertz CT molecular complexity index is 391. The van der Waals surface area contributed by atoms with Gasteiger partial charge in [0.1, 0.15) is 5.15 Å². The fraction of sp³-hybridized carbons (Fsp3) is 0.400. The predicted octanol–water partition coefficient (Wildman–Crippen LogP) is 2.73. The fourth-order valence-corrected chi connectivity index (χ4v) is 2.09. The van der Waals surface area contributed by atoms with E-state index in [0.717, 1.165) is 25.9 Å². The van der Waals surface area contributed by atoms with Gasteiger partial charge in [0.15, 0.2) is 0 Å². The van der Waals surface area contributed by atoms with E-state index >= 15 is 0 Å². The van der Waals surface area contributed by atoms with E-state index in [2.05, 4.69) is 20.9 Å². The van der Waals surface area contributed by atoms with E-state index in [4.69, 9.17) is 11.6 Å². The molecule has 0 atom stereocenters. The van der Waals surface area contributed by atoms with Gasteiger partial charge in [-0.25, -0.2) is 4.98 Å². The van der Waals surface area contributed by atoms with E-state index in [0.29, 0.717) is 15.2 Å². The number of rotatable bonds is 1. The van der Waals surface area contributed by atoms with Crippen LogP contribution in [0, 0.1) is 0 Å². The van der Waals surface area contributed by atoms with Gasteiger partial charge in [0.2, 0.25) is 0 Å². The van der Waals surface area contributed by atoms with Crippen molar-refractivity contribution in [2.45, 2.75) is 12.8 Å². The smallest absolute Gasteiger partial charge is 0.255 e. The molecule has 0 aliphatic carbocycles. The van der Waals surface area contributed by atoms with E-state index in [1.54, 1.807) is 6.07 Å². The van der Waals surface area contributed by atoms with Gasteiger partial charge in [0.05, 0.1) is 10.0 Å². The maximum Gasteiger partial charge on any atom is 0.255 e. The molecule has 2 heterocycles. The number of likely N-dealkylation sites (tertiary alicyclic amines) is 1. The lowest BCUT2D eigenvalue weighted by Crippen LogP contribution is -2.27. The summed E-state index contributed by atoms with van der Waals surface area (Å²) in [4.78, 5) is 17.7. The molecule has 0 bridgehead atoms. The Balaban J connectivity index is 2.21. The van der Waals surface area contributed by atoms with E-state index in [1.807, 2.05) is 4.90 Å². The van der Waals surface area contributed by atoms with Crippen molar-refractivity contribution in [3.63, 3.8) is 0 Å². The van der Waals surface area contributed by atoms with Crippen LogP contribution in [0.5, 0.6) is 0 Å². The minimum atomic E-state index is 0.0392. The average Bonchev–Trinajstić information content (AvgIpc) is 2.74. The van der Waals surface area contributed by atoms with Crippen LogP contribution in [0.25, 0.3) is 0 Å². The Hall–Kier alpha value is -0.610. The van der Waals surface area contributed by atoms with Crippen LogP contribution in [0.15, 0.2) is 16.7 Å². The number of aromatic nitrogens is 1. The molecule has 0 radical (unpaired) electrons. The second-order valence-electron chi connectivity index (χ2n) is 3.50. The maximum atomic E-state index is 11.9. The van der Waals surface area contributed by atoms with Crippen molar-refractivity contribution in [3.05, 3.63) is 27.5 Å². The fourth-order valence-electron chi connectivity index (χ4n) is 1.64. The average molecular weight is 290 g/mol. The lowest BCUT2D eigenvalue weighted by Gasteiger charge is -2.14. The van der Waals surface area contributed by atoms with Crippen molar-refractivity contribution in [3.8, 4) is 0 Å². The van der Waals surface area contributed by atoms with Crippen molar-refractivity contribution < 1.29 is 4.79 Å². The van der Waals surface area contributed by atoms with Crippen LogP contribution in [0.1, 0.15) is 23.2 Å². The van der Waals surface area contributed by atoms with Crippen LogP contribution >= 0.6 is 27.5 Å². The quantitative estimate of drug-likeness (QED) is 0.745. The number of hydrogen-bond donors (Lipinski definition) is 0. The monoisotopic (exact) mass is 288 g/mol. The molecule has 1 aromatic rings. The van der Waals surface area contributed by atoms with Crippen LogP contribution in [-0.4, -0.2) is 28.9 Å². The molecule has 3 nitrogen and oxygen atoms in total. The highest BCUT2D eigenvalue weighted by Crippen LogP contribution is 2.22. The molecule has 5 heteroatoms. The molecular weight excluding hydrogens is 279 g/mol. The van der Waals surface area contributed by atoms with Crippen LogP contribution < -0.4 is 0 Å². The molecule has 0 saturated carbocycles. The number of carbonyl (C=O) groups is 1. The molecular formula is C10H10BrClN2O. The Morgan fingerprint density at radius 3 is 2.73 bits per heavy atom. The second kappa shape index (κ2) is 4.49. The SMILES string of the molecule is O=C(c1cnc(Cl)c(Br)c1)N1CCCC1.